The summed E-state index contributed by atoms with van der Waals surface area (Å²) < 4.78 is 28.7. The summed E-state index contributed by atoms with van der Waals surface area (Å²) in [6.45, 7) is 1.50. The number of nitrogens with one attached hydrogen (secondary N) is 1. The van der Waals surface area contributed by atoms with Crippen molar-refractivity contribution in [2.24, 2.45) is 14.1 Å². The fraction of sp³-hybridized carbons (Fsp3) is 0.263. The number of carbonyl (C=O) groups excluding carboxylic acids is 1. The van der Waals surface area contributed by atoms with E-state index in [1.165, 1.54) is 16.1 Å². The Bertz CT molecular complexity index is 1250. The zero-order valence-electron chi connectivity index (χ0n) is 16.4. The highest BCUT2D eigenvalue weighted by Crippen LogP contribution is 2.24. The van der Waals surface area contributed by atoms with Crippen LogP contribution in [0.1, 0.15) is 6.92 Å². The smallest absolute Gasteiger partial charge is 0.324 e. The highest BCUT2D eigenvalue weighted by atomic mass is 35.5. The van der Waals surface area contributed by atoms with Gasteiger partial charge in [0.2, 0.25) is 15.9 Å². The third-order valence-electron chi connectivity index (χ3n) is 4.71. The first-order chi connectivity index (χ1) is 13.5. The van der Waals surface area contributed by atoms with Gasteiger partial charge in [0, 0.05) is 24.8 Å². The molecule has 0 unspecified atom stereocenters. The zero-order chi connectivity index (χ0) is 21.5. The van der Waals surface area contributed by atoms with Crippen LogP contribution in [0.5, 0.6) is 0 Å². The van der Waals surface area contributed by atoms with Gasteiger partial charge in [-0.2, -0.15) is 0 Å². The number of halogens is 1. The number of aryl methyl sites for hydroxylation is 2. The molecule has 1 N–H and O–H groups in total. The molecular weight excluding hydrogens is 416 g/mol. The average Bonchev–Trinajstić information content (AvgIpc) is 2.86. The molecule has 1 amide bonds. The van der Waals surface area contributed by atoms with Gasteiger partial charge in [0.15, 0.2) is 0 Å². The molecule has 1 atom stereocenters. The van der Waals surface area contributed by atoms with Gasteiger partial charge in [0.25, 0.3) is 0 Å². The Hall–Kier alpha value is -2.78. The minimum Gasteiger partial charge on any atom is -0.324 e. The number of fused-ring (bicyclic) bond motifs is 1. The fourth-order valence-corrected chi connectivity index (χ4v) is 4.53. The highest BCUT2D eigenvalue weighted by Gasteiger charge is 2.29. The Morgan fingerprint density at radius 1 is 1.07 bits per heavy atom. The second-order valence-electron chi connectivity index (χ2n) is 6.80. The van der Waals surface area contributed by atoms with Gasteiger partial charge in [-0.15, -0.1) is 0 Å². The number of hydrogen-bond donors (Lipinski definition) is 1. The summed E-state index contributed by atoms with van der Waals surface area (Å²) in [5.74, 6) is -0.509. The Labute approximate surface area is 173 Å². The number of amides is 1. The summed E-state index contributed by atoms with van der Waals surface area (Å²) in [4.78, 5) is 24.9. The van der Waals surface area contributed by atoms with Crippen LogP contribution in [0.2, 0.25) is 5.02 Å². The van der Waals surface area contributed by atoms with Gasteiger partial charge < -0.3 is 5.32 Å². The number of aromatic nitrogens is 2. The average molecular weight is 437 g/mol. The molecule has 8 nitrogen and oxygen atoms in total. The van der Waals surface area contributed by atoms with E-state index in [-0.39, 0.29) is 5.69 Å². The molecule has 0 fully saturated rings. The van der Waals surface area contributed by atoms with E-state index in [1.807, 2.05) is 0 Å². The van der Waals surface area contributed by atoms with Crippen molar-refractivity contribution in [2.45, 2.75) is 13.0 Å². The van der Waals surface area contributed by atoms with E-state index in [9.17, 15) is 18.0 Å². The van der Waals surface area contributed by atoms with Crippen LogP contribution < -0.4 is 15.3 Å². The van der Waals surface area contributed by atoms with E-state index in [2.05, 4.69) is 5.32 Å². The lowest BCUT2D eigenvalue weighted by molar-refractivity contribution is -0.116. The lowest BCUT2D eigenvalue weighted by Crippen LogP contribution is -2.45. The van der Waals surface area contributed by atoms with Crippen molar-refractivity contribution in [2.75, 3.05) is 15.9 Å². The van der Waals surface area contributed by atoms with Crippen LogP contribution in [0.25, 0.3) is 11.0 Å². The van der Waals surface area contributed by atoms with Gasteiger partial charge in [0.1, 0.15) is 6.04 Å². The number of sulfonamides is 1. The van der Waals surface area contributed by atoms with Crippen molar-refractivity contribution in [3.8, 4) is 0 Å². The van der Waals surface area contributed by atoms with E-state index in [1.54, 1.807) is 56.6 Å². The summed E-state index contributed by atoms with van der Waals surface area (Å²) in [7, 11) is -0.419. The number of imidazole rings is 1. The Morgan fingerprint density at radius 2 is 1.66 bits per heavy atom. The van der Waals surface area contributed by atoms with Crippen LogP contribution in [0.4, 0.5) is 11.4 Å². The van der Waals surface area contributed by atoms with E-state index in [0.29, 0.717) is 21.9 Å². The largest absolute Gasteiger partial charge is 0.328 e. The van der Waals surface area contributed by atoms with Gasteiger partial charge in [0.05, 0.1) is 23.0 Å². The Kier molecular flexibility index (Phi) is 5.46. The second-order valence-corrected chi connectivity index (χ2v) is 9.10. The summed E-state index contributed by atoms with van der Waals surface area (Å²) in [5, 5.41) is 3.19. The van der Waals surface area contributed by atoms with Crippen LogP contribution in [0, 0.1) is 0 Å². The second kappa shape index (κ2) is 7.57. The van der Waals surface area contributed by atoms with Crippen LogP contribution in [0.3, 0.4) is 0 Å². The molecule has 0 spiro atoms. The highest BCUT2D eigenvalue weighted by molar-refractivity contribution is 7.92. The lowest BCUT2D eigenvalue weighted by Gasteiger charge is -2.28. The third-order valence-corrected chi connectivity index (χ3v) is 6.20. The molecule has 0 aliphatic heterocycles. The first-order valence-corrected chi connectivity index (χ1v) is 10.9. The predicted molar refractivity (Wildman–Crippen MR) is 115 cm³/mol. The maximum Gasteiger partial charge on any atom is 0.328 e. The van der Waals surface area contributed by atoms with Crippen LogP contribution in [0.15, 0.2) is 47.3 Å². The molecule has 0 aliphatic rings. The topological polar surface area (TPSA) is 93.4 Å². The monoisotopic (exact) mass is 436 g/mol. The molecule has 3 rings (SSSR count). The number of anilines is 2. The minimum absolute atomic E-state index is 0.178. The van der Waals surface area contributed by atoms with E-state index < -0.39 is 22.0 Å². The maximum atomic E-state index is 12.8. The minimum atomic E-state index is -3.73. The van der Waals surface area contributed by atoms with Crippen molar-refractivity contribution in [1.29, 1.82) is 0 Å². The molecule has 1 aromatic heterocycles. The zero-order valence-corrected chi connectivity index (χ0v) is 18.0. The SMILES string of the molecule is C[C@H](C(=O)Nc1ccc2c(c1)n(C)c(=O)n2C)N(c1ccc(Cl)cc1)S(C)(=O)=O. The normalized spacial score (nSPS) is 12.7. The number of benzene rings is 2. The molecule has 154 valence electrons. The van der Waals surface area contributed by atoms with Gasteiger partial charge in [-0.05, 0) is 49.4 Å². The lowest BCUT2D eigenvalue weighted by atomic mass is 10.2. The standard InChI is InChI=1S/C19H21ClN4O4S/c1-12(24(29(4,27)28)15-8-5-13(20)6-9-15)18(25)21-14-7-10-16-17(11-14)23(3)19(26)22(16)2/h5-12H,1-4H3,(H,21,25)/t12-/m1/s1. The quantitative estimate of drug-likeness (QED) is 0.664. The number of nitrogens with zero attached hydrogens (tertiary/aromatic N) is 3. The predicted octanol–water partition coefficient (Wildman–Crippen LogP) is 2.32. The van der Waals surface area contributed by atoms with Crippen LogP contribution in [-0.4, -0.2) is 35.8 Å². The molecule has 1 heterocycles. The van der Waals surface area contributed by atoms with Crippen molar-refractivity contribution < 1.29 is 13.2 Å². The summed E-state index contributed by atoms with van der Waals surface area (Å²) in [6.07, 6.45) is 1.04. The molecule has 0 radical (unpaired) electrons. The number of rotatable bonds is 5. The van der Waals surface area contributed by atoms with Crippen molar-refractivity contribution >= 4 is 49.9 Å². The molecule has 2 aromatic carbocycles. The first kappa shape index (κ1) is 20.9. The summed E-state index contributed by atoms with van der Waals surface area (Å²) in [6, 6.07) is 10.3. The molecule has 0 saturated carbocycles. The summed E-state index contributed by atoms with van der Waals surface area (Å²) >= 11 is 5.88. The molecule has 0 saturated heterocycles. The van der Waals surface area contributed by atoms with Crippen molar-refractivity contribution in [1.82, 2.24) is 9.13 Å². The molecule has 10 heteroatoms. The van der Waals surface area contributed by atoms with Crippen LogP contribution in [-0.2, 0) is 28.9 Å². The fourth-order valence-electron chi connectivity index (χ4n) is 3.23. The van der Waals surface area contributed by atoms with Gasteiger partial charge in [-0.25, -0.2) is 13.2 Å². The van der Waals surface area contributed by atoms with Gasteiger partial charge >= 0.3 is 5.69 Å². The van der Waals surface area contributed by atoms with Crippen LogP contribution >= 0.6 is 11.6 Å². The molecule has 3 aromatic rings. The summed E-state index contributed by atoms with van der Waals surface area (Å²) in [5.41, 5.74) is 1.99. The maximum absolute atomic E-state index is 12.8. The van der Waals surface area contributed by atoms with E-state index in [0.717, 1.165) is 16.1 Å². The first-order valence-electron chi connectivity index (χ1n) is 8.72. The molecular formula is C19H21ClN4O4S. The number of carbonyl (C=O) groups is 1. The van der Waals surface area contributed by atoms with E-state index in [4.69, 9.17) is 11.6 Å². The van der Waals surface area contributed by atoms with Crippen molar-refractivity contribution in [3.63, 3.8) is 0 Å². The third kappa shape index (κ3) is 4.01. The molecule has 0 bridgehead atoms. The Morgan fingerprint density at radius 3 is 2.24 bits per heavy atom. The molecule has 29 heavy (non-hydrogen) atoms. The van der Waals surface area contributed by atoms with E-state index >= 15 is 0 Å². The van der Waals surface area contributed by atoms with Gasteiger partial charge in [-0.1, -0.05) is 11.6 Å². The Balaban J connectivity index is 1.92. The van der Waals surface area contributed by atoms with Crippen molar-refractivity contribution in [3.05, 3.63) is 58.0 Å². The van der Waals surface area contributed by atoms with Gasteiger partial charge in [-0.3, -0.25) is 18.2 Å². The molecule has 0 aliphatic carbocycles. The number of hydrogen-bond acceptors (Lipinski definition) is 4.